The molecule has 1 amide bonds. The average Bonchev–Trinajstić information content (AvgIpc) is 2.93. The Balaban J connectivity index is 1.65. The molecule has 5 heteroatoms. The fourth-order valence-corrected chi connectivity index (χ4v) is 2.48. The summed E-state index contributed by atoms with van der Waals surface area (Å²) >= 11 is 0. The molecule has 0 atom stereocenters. The average molecular weight is 282 g/mol. The molecule has 1 fully saturated rings. The lowest BCUT2D eigenvalue weighted by atomic mass is 10.2. The molecule has 0 saturated carbocycles. The zero-order valence-electron chi connectivity index (χ0n) is 12.0. The second-order valence-electron chi connectivity index (χ2n) is 5.16. The molecule has 0 radical (unpaired) electrons. The van der Waals surface area contributed by atoms with Crippen molar-refractivity contribution < 1.29 is 4.79 Å². The van der Waals surface area contributed by atoms with Crippen molar-refractivity contribution in [3.8, 4) is 0 Å². The molecule has 1 aromatic heterocycles. The molecule has 3 rings (SSSR count). The van der Waals surface area contributed by atoms with Crippen LogP contribution in [0.2, 0.25) is 0 Å². The van der Waals surface area contributed by atoms with Crippen molar-refractivity contribution in [2.24, 2.45) is 0 Å². The van der Waals surface area contributed by atoms with E-state index in [-0.39, 0.29) is 5.91 Å². The SMILES string of the molecule is Cc1nccnc1NCc1ccc(N2CCCC2=O)cc1. The summed E-state index contributed by atoms with van der Waals surface area (Å²) in [5.41, 5.74) is 3.02. The van der Waals surface area contributed by atoms with E-state index in [1.807, 2.05) is 36.1 Å². The number of nitrogens with one attached hydrogen (secondary N) is 1. The summed E-state index contributed by atoms with van der Waals surface area (Å²) in [4.78, 5) is 22.0. The van der Waals surface area contributed by atoms with Crippen LogP contribution < -0.4 is 10.2 Å². The molecule has 2 heterocycles. The summed E-state index contributed by atoms with van der Waals surface area (Å²) in [6.07, 6.45) is 4.98. The van der Waals surface area contributed by atoms with Crippen LogP contribution in [0.4, 0.5) is 11.5 Å². The number of carbonyl (C=O) groups excluding carboxylic acids is 1. The van der Waals surface area contributed by atoms with Crippen molar-refractivity contribution in [2.45, 2.75) is 26.3 Å². The first-order valence-corrected chi connectivity index (χ1v) is 7.15. The van der Waals surface area contributed by atoms with Crippen LogP contribution in [-0.2, 0) is 11.3 Å². The van der Waals surface area contributed by atoms with Gasteiger partial charge in [-0.05, 0) is 31.0 Å². The summed E-state index contributed by atoms with van der Waals surface area (Å²) in [5.74, 6) is 1.02. The number of nitrogens with zero attached hydrogens (tertiary/aromatic N) is 3. The van der Waals surface area contributed by atoms with Gasteiger partial charge >= 0.3 is 0 Å². The van der Waals surface area contributed by atoms with Gasteiger partial charge in [0.2, 0.25) is 5.91 Å². The molecule has 0 unspecified atom stereocenters. The predicted octanol–water partition coefficient (Wildman–Crippen LogP) is 2.52. The molecule has 1 aliphatic rings. The Bertz CT molecular complexity index is 639. The smallest absolute Gasteiger partial charge is 0.227 e. The third kappa shape index (κ3) is 3.02. The number of benzene rings is 1. The quantitative estimate of drug-likeness (QED) is 0.936. The van der Waals surface area contributed by atoms with Crippen molar-refractivity contribution in [1.82, 2.24) is 9.97 Å². The molecular weight excluding hydrogens is 264 g/mol. The lowest BCUT2D eigenvalue weighted by Gasteiger charge is -2.16. The minimum absolute atomic E-state index is 0.219. The maximum atomic E-state index is 11.7. The monoisotopic (exact) mass is 282 g/mol. The number of hydrogen-bond acceptors (Lipinski definition) is 4. The summed E-state index contributed by atoms with van der Waals surface area (Å²) in [5, 5.41) is 3.27. The van der Waals surface area contributed by atoms with Gasteiger partial charge in [-0.1, -0.05) is 12.1 Å². The zero-order chi connectivity index (χ0) is 14.7. The van der Waals surface area contributed by atoms with Crippen LogP contribution in [0.1, 0.15) is 24.1 Å². The van der Waals surface area contributed by atoms with E-state index >= 15 is 0 Å². The fourth-order valence-electron chi connectivity index (χ4n) is 2.48. The molecule has 1 saturated heterocycles. The summed E-state index contributed by atoms with van der Waals surface area (Å²) in [6, 6.07) is 8.09. The van der Waals surface area contributed by atoms with E-state index < -0.39 is 0 Å². The van der Waals surface area contributed by atoms with Gasteiger partial charge in [-0.3, -0.25) is 9.78 Å². The highest BCUT2D eigenvalue weighted by Gasteiger charge is 2.21. The highest BCUT2D eigenvalue weighted by atomic mass is 16.2. The third-order valence-electron chi connectivity index (χ3n) is 3.66. The normalized spacial score (nSPS) is 14.5. The van der Waals surface area contributed by atoms with E-state index in [9.17, 15) is 4.79 Å². The van der Waals surface area contributed by atoms with Gasteiger partial charge in [0.05, 0.1) is 5.69 Å². The molecule has 1 aliphatic heterocycles. The van der Waals surface area contributed by atoms with E-state index in [1.165, 1.54) is 0 Å². The number of hydrogen-bond donors (Lipinski definition) is 1. The third-order valence-corrected chi connectivity index (χ3v) is 3.66. The van der Waals surface area contributed by atoms with Gasteiger partial charge in [0.1, 0.15) is 5.82 Å². The van der Waals surface area contributed by atoms with Crippen LogP contribution in [-0.4, -0.2) is 22.4 Å². The van der Waals surface area contributed by atoms with Crippen molar-refractivity contribution in [3.05, 3.63) is 47.9 Å². The van der Waals surface area contributed by atoms with Crippen molar-refractivity contribution >= 4 is 17.4 Å². The minimum Gasteiger partial charge on any atom is -0.364 e. The maximum absolute atomic E-state index is 11.7. The first-order valence-electron chi connectivity index (χ1n) is 7.15. The van der Waals surface area contributed by atoms with Gasteiger partial charge in [0, 0.05) is 37.6 Å². The van der Waals surface area contributed by atoms with Crippen LogP contribution >= 0.6 is 0 Å². The maximum Gasteiger partial charge on any atom is 0.227 e. The highest BCUT2D eigenvalue weighted by Crippen LogP contribution is 2.21. The van der Waals surface area contributed by atoms with Crippen molar-refractivity contribution in [2.75, 3.05) is 16.8 Å². The fraction of sp³-hybridized carbons (Fsp3) is 0.312. The Kier molecular flexibility index (Phi) is 3.81. The van der Waals surface area contributed by atoms with Crippen molar-refractivity contribution in [1.29, 1.82) is 0 Å². The Morgan fingerprint density at radius 3 is 2.62 bits per heavy atom. The lowest BCUT2D eigenvalue weighted by Crippen LogP contribution is -2.23. The number of amides is 1. The molecule has 1 aromatic carbocycles. The highest BCUT2D eigenvalue weighted by molar-refractivity contribution is 5.95. The molecule has 0 spiro atoms. The number of aromatic nitrogens is 2. The molecular formula is C16H18N4O. The van der Waals surface area contributed by atoms with E-state index in [1.54, 1.807) is 12.4 Å². The minimum atomic E-state index is 0.219. The van der Waals surface area contributed by atoms with Gasteiger partial charge in [-0.25, -0.2) is 4.98 Å². The van der Waals surface area contributed by atoms with Crippen LogP contribution in [0.5, 0.6) is 0 Å². The lowest BCUT2D eigenvalue weighted by molar-refractivity contribution is -0.117. The number of aryl methyl sites for hydroxylation is 1. The van der Waals surface area contributed by atoms with E-state index in [0.717, 1.165) is 35.7 Å². The van der Waals surface area contributed by atoms with Gasteiger partial charge in [0.25, 0.3) is 0 Å². The number of anilines is 2. The molecule has 2 aromatic rings. The Morgan fingerprint density at radius 1 is 1.19 bits per heavy atom. The predicted molar refractivity (Wildman–Crippen MR) is 82.1 cm³/mol. The topological polar surface area (TPSA) is 58.1 Å². The number of rotatable bonds is 4. The first kappa shape index (κ1) is 13.5. The number of carbonyl (C=O) groups is 1. The molecule has 108 valence electrons. The molecule has 5 nitrogen and oxygen atoms in total. The molecule has 1 N–H and O–H groups in total. The van der Waals surface area contributed by atoms with Gasteiger partial charge in [0.15, 0.2) is 0 Å². The first-order chi connectivity index (χ1) is 10.2. The van der Waals surface area contributed by atoms with Gasteiger partial charge in [-0.2, -0.15) is 0 Å². The standard InChI is InChI=1S/C16H18N4O/c1-12-16(18-9-8-17-12)19-11-13-4-6-14(7-5-13)20-10-2-3-15(20)21/h4-9H,2-3,10-11H2,1H3,(H,18,19). The largest absolute Gasteiger partial charge is 0.364 e. The second-order valence-corrected chi connectivity index (χ2v) is 5.16. The van der Waals surface area contributed by atoms with E-state index in [2.05, 4.69) is 15.3 Å². The van der Waals surface area contributed by atoms with Gasteiger partial charge in [-0.15, -0.1) is 0 Å². The second kappa shape index (κ2) is 5.91. The zero-order valence-corrected chi connectivity index (χ0v) is 12.0. The van der Waals surface area contributed by atoms with Crippen LogP contribution in [0.3, 0.4) is 0 Å². The molecule has 21 heavy (non-hydrogen) atoms. The van der Waals surface area contributed by atoms with Crippen LogP contribution in [0.25, 0.3) is 0 Å². The Hall–Kier alpha value is -2.43. The van der Waals surface area contributed by atoms with E-state index in [0.29, 0.717) is 13.0 Å². The van der Waals surface area contributed by atoms with Crippen molar-refractivity contribution in [3.63, 3.8) is 0 Å². The molecule has 0 aliphatic carbocycles. The van der Waals surface area contributed by atoms with Crippen LogP contribution in [0.15, 0.2) is 36.7 Å². The Morgan fingerprint density at radius 2 is 1.95 bits per heavy atom. The van der Waals surface area contributed by atoms with E-state index in [4.69, 9.17) is 0 Å². The summed E-state index contributed by atoms with van der Waals surface area (Å²) in [6.45, 7) is 3.44. The van der Waals surface area contributed by atoms with Gasteiger partial charge < -0.3 is 10.2 Å². The van der Waals surface area contributed by atoms with Crippen LogP contribution in [0, 0.1) is 6.92 Å². The molecule has 0 bridgehead atoms. The summed E-state index contributed by atoms with van der Waals surface area (Å²) in [7, 11) is 0. The summed E-state index contributed by atoms with van der Waals surface area (Å²) < 4.78 is 0. The Labute approximate surface area is 124 Å².